The second-order valence-corrected chi connectivity index (χ2v) is 15.1. The molecule has 54 heavy (non-hydrogen) atoms. The third-order valence-electron chi connectivity index (χ3n) is 10.6. The maximum absolute atomic E-state index is 2.49. The summed E-state index contributed by atoms with van der Waals surface area (Å²) in [6.07, 6.45) is 9.81. The van der Waals surface area contributed by atoms with Crippen molar-refractivity contribution < 1.29 is 24.2 Å². The van der Waals surface area contributed by atoms with Gasteiger partial charge >= 0.3 is 99.2 Å². The molecule has 260 valence electrons. The van der Waals surface area contributed by atoms with E-state index < -0.39 is 0 Å². The molecule has 0 amide bonds. The van der Waals surface area contributed by atoms with E-state index >= 15 is 0 Å². The van der Waals surface area contributed by atoms with Crippen molar-refractivity contribution in [2.45, 2.75) is 33.1 Å². The van der Waals surface area contributed by atoms with E-state index in [-0.39, 0.29) is 0 Å². The van der Waals surface area contributed by atoms with Crippen molar-refractivity contribution in [1.82, 2.24) is 0 Å². The van der Waals surface area contributed by atoms with Crippen molar-refractivity contribution in [2.75, 3.05) is 0 Å². The first-order valence-corrected chi connectivity index (χ1v) is 20.4. The molecule has 0 bridgehead atoms. The van der Waals surface area contributed by atoms with Crippen LogP contribution < -0.4 is 0 Å². The molecule has 0 spiro atoms. The molecule has 1 aliphatic rings. The van der Waals surface area contributed by atoms with E-state index in [1.54, 1.807) is 0 Å². The van der Waals surface area contributed by atoms with Crippen LogP contribution in [0.2, 0.25) is 0 Å². The molecule has 1 heteroatoms. The van der Waals surface area contributed by atoms with Crippen molar-refractivity contribution in [3.63, 3.8) is 0 Å². The fourth-order valence-corrected chi connectivity index (χ4v) is 8.92. The van der Waals surface area contributed by atoms with Gasteiger partial charge in [0.05, 0.1) is 0 Å². The predicted octanol–water partition coefficient (Wildman–Crippen LogP) is 14.0. The normalized spacial score (nSPS) is 12.1. The summed E-state index contributed by atoms with van der Waals surface area (Å²) in [6.45, 7) is 4.58. The number of benzene rings is 7. The van der Waals surface area contributed by atoms with E-state index in [0.717, 1.165) is 19.3 Å². The van der Waals surface area contributed by atoms with Crippen LogP contribution in [0.5, 0.6) is 0 Å². The summed E-state index contributed by atoms with van der Waals surface area (Å²) in [6, 6.07) is 61.5. The van der Waals surface area contributed by atoms with Gasteiger partial charge in [-0.1, -0.05) is 162 Å². The Hall–Kier alpha value is -5.36. The quantitative estimate of drug-likeness (QED) is 0.135. The molecule has 0 heterocycles. The first-order valence-electron chi connectivity index (χ1n) is 19.1. The number of rotatable bonds is 8. The first-order chi connectivity index (χ1) is 26.7. The molecule has 0 fully saturated rings. The van der Waals surface area contributed by atoms with Crippen LogP contribution >= 0.6 is 0 Å². The Kier molecular flexibility index (Phi) is 10.8. The molecule has 0 N–H and O–H groups in total. The maximum atomic E-state index is 2.49. The molecule has 9 rings (SSSR count). The van der Waals surface area contributed by atoms with Crippen molar-refractivity contribution >= 4 is 30.3 Å². The third-order valence-corrected chi connectivity index (χ3v) is 12.0. The topological polar surface area (TPSA) is 0 Å². The van der Waals surface area contributed by atoms with Gasteiger partial charge < -0.3 is 0 Å². The van der Waals surface area contributed by atoms with E-state index in [1.807, 2.05) is 0 Å². The molecule has 0 atom stereocenters. The van der Waals surface area contributed by atoms with Gasteiger partial charge in [-0.25, -0.2) is 0 Å². The van der Waals surface area contributed by atoms with Gasteiger partial charge in [-0.3, -0.25) is 0 Å². The summed E-state index contributed by atoms with van der Waals surface area (Å²) in [5, 5.41) is 5.46. The van der Waals surface area contributed by atoms with E-state index in [1.165, 1.54) is 116 Å². The van der Waals surface area contributed by atoms with Crippen molar-refractivity contribution in [2.24, 2.45) is 0 Å². The molecule has 1 aliphatic carbocycles. The van der Waals surface area contributed by atoms with Gasteiger partial charge in [0.2, 0.25) is 0 Å². The molecule has 0 aliphatic heterocycles. The van der Waals surface area contributed by atoms with Crippen LogP contribution in [0.25, 0.3) is 60.5 Å². The zero-order chi connectivity index (χ0) is 36.9. The minimum atomic E-state index is 0.972. The Morgan fingerprint density at radius 2 is 1.07 bits per heavy atom. The Balaban J connectivity index is 0.000000248. The fourth-order valence-electron chi connectivity index (χ4n) is 8.10. The average Bonchev–Trinajstić information content (AvgIpc) is 3.93. The molecule has 0 aromatic heterocycles. The fraction of sp³-hybridized carbons (Fsp3) is 0.0943. The molecule has 0 unspecified atom stereocenters. The number of aryl methyl sites for hydroxylation is 1. The molecular weight excluding hydrogens is 728 g/mol. The van der Waals surface area contributed by atoms with Gasteiger partial charge in [0, 0.05) is 0 Å². The van der Waals surface area contributed by atoms with Crippen LogP contribution in [0, 0.1) is 0 Å². The zero-order valence-electron chi connectivity index (χ0n) is 31.0. The molecule has 0 radical (unpaired) electrons. The van der Waals surface area contributed by atoms with Gasteiger partial charge in [-0.2, -0.15) is 0 Å². The second-order valence-electron chi connectivity index (χ2n) is 13.9. The number of allylic oxidation sites excluding steroid dienone is 4. The van der Waals surface area contributed by atoms with Gasteiger partial charge in [0.15, 0.2) is 0 Å². The Morgan fingerprint density at radius 3 is 1.57 bits per heavy atom. The predicted molar refractivity (Wildman–Crippen MR) is 230 cm³/mol. The molecule has 0 nitrogen and oxygen atoms in total. The van der Waals surface area contributed by atoms with E-state index in [0.29, 0.717) is 0 Å². The Labute approximate surface area is 334 Å². The van der Waals surface area contributed by atoms with Crippen LogP contribution in [-0.2, 0) is 37.1 Å². The standard InChI is InChI=1S/C40H33.C13H10.Zr/c1-3-27-24-32-26-35-36(29-22-14-15-23-29)33(4-2)37(30-18-10-6-11-19-30)39(31-20-12-7-13-21-31)40(35)38(32)34(25-27)28-16-8-5-9-17-28;1-3-7-12(8-4-1)11-13-9-5-2-6-10-13;/h5-22,24-26H,3-4,23H2,1-2H3;1-10H;/q-1;;. The van der Waals surface area contributed by atoms with E-state index in [2.05, 4.69) is 202 Å². The van der Waals surface area contributed by atoms with Crippen molar-refractivity contribution in [3.05, 3.63) is 216 Å². The van der Waals surface area contributed by atoms with Crippen LogP contribution in [0.3, 0.4) is 0 Å². The SMILES string of the molecule is CCc1cc(-c2ccccc2)c2c(c1)[cH-]c1c(C3=CC=CC3)c(CC)c(-c3ccccc3)c(-c3ccccc3)c12.[Zr]=[C](c1ccccc1)c1ccccc1. The van der Waals surface area contributed by atoms with Crippen molar-refractivity contribution in [3.8, 4) is 33.4 Å². The molecule has 0 saturated carbocycles. The number of fused-ring (bicyclic) bond motifs is 3. The van der Waals surface area contributed by atoms with Crippen molar-refractivity contribution in [1.29, 1.82) is 0 Å². The zero-order valence-corrected chi connectivity index (χ0v) is 33.5. The number of hydrogen-bond donors (Lipinski definition) is 0. The summed E-state index contributed by atoms with van der Waals surface area (Å²) in [7, 11) is 0. The minimum absolute atomic E-state index is 0.972. The summed E-state index contributed by atoms with van der Waals surface area (Å²) in [5.41, 5.74) is 16.2. The Morgan fingerprint density at radius 1 is 0.556 bits per heavy atom. The van der Waals surface area contributed by atoms with Crippen LogP contribution in [0.4, 0.5) is 0 Å². The molecule has 0 saturated heterocycles. The molecule has 8 aromatic carbocycles. The number of hydrogen-bond acceptors (Lipinski definition) is 0. The summed E-state index contributed by atoms with van der Waals surface area (Å²) in [5.74, 6) is 0. The molecular formula is C53H43Zr-. The van der Waals surface area contributed by atoms with Gasteiger partial charge in [0.1, 0.15) is 0 Å². The summed E-state index contributed by atoms with van der Waals surface area (Å²) < 4.78 is 1.42. The Bertz CT molecular complexity index is 2570. The van der Waals surface area contributed by atoms with Gasteiger partial charge in [-0.05, 0) is 47.1 Å². The summed E-state index contributed by atoms with van der Waals surface area (Å²) in [4.78, 5) is 0. The average molecular weight is 771 g/mol. The second kappa shape index (κ2) is 16.3. The molecule has 8 aromatic rings. The van der Waals surface area contributed by atoms with Crippen LogP contribution in [0.1, 0.15) is 48.1 Å². The van der Waals surface area contributed by atoms with Crippen LogP contribution in [0.15, 0.2) is 188 Å². The monoisotopic (exact) mass is 769 g/mol. The van der Waals surface area contributed by atoms with Gasteiger partial charge in [-0.15, -0.1) is 28.3 Å². The van der Waals surface area contributed by atoms with Gasteiger partial charge in [0.25, 0.3) is 0 Å². The summed E-state index contributed by atoms with van der Waals surface area (Å²) >= 11 is 1.46. The third kappa shape index (κ3) is 7.02. The van der Waals surface area contributed by atoms with E-state index in [9.17, 15) is 0 Å². The van der Waals surface area contributed by atoms with Crippen LogP contribution in [-0.4, -0.2) is 3.21 Å². The first kappa shape index (κ1) is 35.7. The van der Waals surface area contributed by atoms with E-state index in [4.69, 9.17) is 0 Å².